The summed E-state index contributed by atoms with van der Waals surface area (Å²) in [6.45, 7) is 6.92. The Kier molecular flexibility index (Phi) is 3.62. The Morgan fingerprint density at radius 1 is 1.31 bits per heavy atom. The Bertz CT molecular complexity index is 258. The average molecular weight is 179 g/mol. The molecule has 0 unspecified atom stereocenters. The number of rotatable bonds is 4. The minimum atomic E-state index is 0.432. The van der Waals surface area contributed by atoms with Gasteiger partial charge in [0.15, 0.2) is 0 Å². The van der Waals surface area contributed by atoms with Crippen LogP contribution in [-0.4, -0.2) is 12.6 Å². The van der Waals surface area contributed by atoms with E-state index in [0.29, 0.717) is 12.6 Å². The topological polar surface area (TPSA) is 21.3 Å². The molecule has 1 aromatic rings. The van der Waals surface area contributed by atoms with E-state index >= 15 is 0 Å². The van der Waals surface area contributed by atoms with Crippen molar-refractivity contribution in [3.8, 4) is 5.75 Å². The van der Waals surface area contributed by atoms with E-state index in [-0.39, 0.29) is 0 Å². The zero-order chi connectivity index (χ0) is 9.68. The van der Waals surface area contributed by atoms with Gasteiger partial charge in [0.1, 0.15) is 5.75 Å². The molecule has 0 saturated heterocycles. The maximum atomic E-state index is 5.48. The molecule has 2 nitrogen and oxygen atoms in total. The second-order valence-electron chi connectivity index (χ2n) is 3.23. The first-order valence-corrected chi connectivity index (χ1v) is 4.72. The van der Waals surface area contributed by atoms with Crippen molar-refractivity contribution in [1.82, 2.24) is 0 Å². The van der Waals surface area contributed by atoms with Gasteiger partial charge in [-0.05, 0) is 32.9 Å². The quantitative estimate of drug-likeness (QED) is 0.767. The molecule has 0 aliphatic rings. The molecule has 0 bridgehead atoms. The molecule has 0 atom stereocenters. The van der Waals surface area contributed by atoms with E-state index in [2.05, 4.69) is 19.2 Å². The fourth-order valence-corrected chi connectivity index (χ4v) is 1.18. The third-order valence-electron chi connectivity index (χ3n) is 1.63. The Hall–Kier alpha value is -1.18. The molecule has 0 aliphatic carbocycles. The summed E-state index contributed by atoms with van der Waals surface area (Å²) in [6.07, 6.45) is 0. The SMILES string of the molecule is CCOc1ccccc1NC(C)C. The van der Waals surface area contributed by atoms with Crippen LogP contribution in [0.5, 0.6) is 5.75 Å². The lowest BCUT2D eigenvalue weighted by atomic mass is 10.2. The van der Waals surface area contributed by atoms with Crippen LogP contribution < -0.4 is 10.1 Å². The number of hydrogen-bond donors (Lipinski definition) is 1. The van der Waals surface area contributed by atoms with Gasteiger partial charge in [-0.2, -0.15) is 0 Å². The Labute approximate surface area is 79.9 Å². The van der Waals surface area contributed by atoms with Gasteiger partial charge in [-0.25, -0.2) is 0 Å². The summed E-state index contributed by atoms with van der Waals surface area (Å²) in [5, 5.41) is 3.33. The second-order valence-corrected chi connectivity index (χ2v) is 3.23. The lowest BCUT2D eigenvalue weighted by Gasteiger charge is -2.14. The van der Waals surface area contributed by atoms with Crippen molar-refractivity contribution >= 4 is 5.69 Å². The molecule has 0 saturated carbocycles. The van der Waals surface area contributed by atoms with Crippen molar-refractivity contribution in [2.45, 2.75) is 26.8 Å². The number of para-hydroxylation sites is 2. The molecular formula is C11H17NO. The number of benzene rings is 1. The van der Waals surface area contributed by atoms with Crippen molar-refractivity contribution in [3.05, 3.63) is 24.3 Å². The summed E-state index contributed by atoms with van der Waals surface area (Å²) in [6, 6.07) is 8.43. The highest BCUT2D eigenvalue weighted by Crippen LogP contribution is 2.23. The van der Waals surface area contributed by atoms with E-state index in [1.165, 1.54) is 0 Å². The highest BCUT2D eigenvalue weighted by atomic mass is 16.5. The minimum Gasteiger partial charge on any atom is -0.492 e. The molecule has 0 spiro atoms. The van der Waals surface area contributed by atoms with E-state index in [1.54, 1.807) is 0 Å². The minimum absolute atomic E-state index is 0.432. The predicted octanol–water partition coefficient (Wildman–Crippen LogP) is 2.91. The molecule has 1 aromatic carbocycles. The van der Waals surface area contributed by atoms with Gasteiger partial charge in [-0.15, -0.1) is 0 Å². The van der Waals surface area contributed by atoms with Gasteiger partial charge < -0.3 is 10.1 Å². The van der Waals surface area contributed by atoms with Crippen LogP contribution in [-0.2, 0) is 0 Å². The molecule has 0 fully saturated rings. The molecule has 0 aliphatic heterocycles. The lowest BCUT2D eigenvalue weighted by Crippen LogP contribution is -2.10. The maximum absolute atomic E-state index is 5.48. The van der Waals surface area contributed by atoms with Gasteiger partial charge in [0.2, 0.25) is 0 Å². The number of anilines is 1. The van der Waals surface area contributed by atoms with Crippen LogP contribution in [0.4, 0.5) is 5.69 Å². The van der Waals surface area contributed by atoms with Crippen molar-refractivity contribution in [3.63, 3.8) is 0 Å². The Balaban J connectivity index is 2.78. The lowest BCUT2D eigenvalue weighted by molar-refractivity contribution is 0.341. The molecule has 1 N–H and O–H groups in total. The smallest absolute Gasteiger partial charge is 0.142 e. The summed E-state index contributed by atoms with van der Waals surface area (Å²) in [7, 11) is 0. The number of hydrogen-bond acceptors (Lipinski definition) is 2. The second kappa shape index (κ2) is 4.75. The average Bonchev–Trinajstić information content (AvgIpc) is 2.08. The molecule has 2 heteroatoms. The van der Waals surface area contributed by atoms with Crippen LogP contribution in [0.2, 0.25) is 0 Å². The van der Waals surface area contributed by atoms with Crippen LogP contribution in [0.1, 0.15) is 20.8 Å². The Morgan fingerprint density at radius 2 is 2.00 bits per heavy atom. The normalized spacial score (nSPS) is 10.2. The van der Waals surface area contributed by atoms with E-state index in [9.17, 15) is 0 Å². The molecule has 1 rings (SSSR count). The Morgan fingerprint density at radius 3 is 2.62 bits per heavy atom. The van der Waals surface area contributed by atoms with Crippen LogP contribution in [0.25, 0.3) is 0 Å². The molecular weight excluding hydrogens is 162 g/mol. The number of ether oxygens (including phenoxy) is 1. The first-order valence-electron chi connectivity index (χ1n) is 4.72. The number of nitrogens with one attached hydrogen (secondary N) is 1. The monoisotopic (exact) mass is 179 g/mol. The van der Waals surface area contributed by atoms with E-state index < -0.39 is 0 Å². The summed E-state index contributed by atoms with van der Waals surface area (Å²) in [4.78, 5) is 0. The first kappa shape index (κ1) is 9.90. The molecule has 0 heterocycles. The largest absolute Gasteiger partial charge is 0.492 e. The van der Waals surface area contributed by atoms with Crippen molar-refractivity contribution in [1.29, 1.82) is 0 Å². The van der Waals surface area contributed by atoms with Crippen molar-refractivity contribution < 1.29 is 4.74 Å². The van der Waals surface area contributed by atoms with Gasteiger partial charge in [0, 0.05) is 6.04 Å². The van der Waals surface area contributed by atoms with E-state index in [4.69, 9.17) is 4.74 Å². The predicted molar refractivity (Wildman–Crippen MR) is 56.4 cm³/mol. The standard InChI is InChI=1S/C11H17NO/c1-4-13-11-8-6-5-7-10(11)12-9(2)3/h5-9,12H,4H2,1-3H3. The van der Waals surface area contributed by atoms with Crippen molar-refractivity contribution in [2.24, 2.45) is 0 Å². The molecule has 0 amide bonds. The van der Waals surface area contributed by atoms with E-state index in [0.717, 1.165) is 11.4 Å². The van der Waals surface area contributed by atoms with Gasteiger partial charge in [0.25, 0.3) is 0 Å². The maximum Gasteiger partial charge on any atom is 0.142 e. The van der Waals surface area contributed by atoms with Gasteiger partial charge in [-0.1, -0.05) is 12.1 Å². The summed E-state index contributed by atoms with van der Waals surface area (Å²) < 4.78 is 5.48. The summed E-state index contributed by atoms with van der Waals surface area (Å²) in [5.41, 5.74) is 1.07. The molecule has 13 heavy (non-hydrogen) atoms. The molecule has 0 aromatic heterocycles. The molecule has 0 radical (unpaired) electrons. The van der Waals surface area contributed by atoms with E-state index in [1.807, 2.05) is 31.2 Å². The fourth-order valence-electron chi connectivity index (χ4n) is 1.18. The van der Waals surface area contributed by atoms with Crippen LogP contribution >= 0.6 is 0 Å². The third kappa shape index (κ3) is 2.98. The van der Waals surface area contributed by atoms with Crippen LogP contribution in [0, 0.1) is 0 Å². The van der Waals surface area contributed by atoms with Crippen LogP contribution in [0.15, 0.2) is 24.3 Å². The zero-order valence-electron chi connectivity index (χ0n) is 8.50. The van der Waals surface area contributed by atoms with Crippen molar-refractivity contribution in [2.75, 3.05) is 11.9 Å². The van der Waals surface area contributed by atoms with Gasteiger partial charge >= 0.3 is 0 Å². The zero-order valence-corrected chi connectivity index (χ0v) is 8.50. The first-order chi connectivity index (χ1) is 6.24. The van der Waals surface area contributed by atoms with Crippen LogP contribution in [0.3, 0.4) is 0 Å². The molecule has 72 valence electrons. The third-order valence-corrected chi connectivity index (χ3v) is 1.63. The fraction of sp³-hybridized carbons (Fsp3) is 0.455. The summed E-state index contributed by atoms with van der Waals surface area (Å²) >= 11 is 0. The highest BCUT2D eigenvalue weighted by molar-refractivity contribution is 5.56. The summed E-state index contributed by atoms with van der Waals surface area (Å²) in [5.74, 6) is 0.929. The van der Waals surface area contributed by atoms with Gasteiger partial charge in [-0.3, -0.25) is 0 Å². The highest BCUT2D eigenvalue weighted by Gasteiger charge is 2.01. The van der Waals surface area contributed by atoms with Gasteiger partial charge in [0.05, 0.1) is 12.3 Å².